The van der Waals surface area contributed by atoms with Crippen molar-refractivity contribution in [3.63, 3.8) is 0 Å². The highest BCUT2D eigenvalue weighted by atomic mass is 35.5. The van der Waals surface area contributed by atoms with Crippen molar-refractivity contribution in [2.45, 2.75) is 4.90 Å². The molecule has 96 valence electrons. The number of sulfonamides is 1. The maximum atomic E-state index is 12.1. The summed E-state index contributed by atoms with van der Waals surface area (Å²) in [4.78, 5) is 7.43. The second kappa shape index (κ2) is 5.22. The van der Waals surface area contributed by atoms with Crippen molar-refractivity contribution in [3.8, 4) is 6.07 Å². The maximum absolute atomic E-state index is 12.1. The van der Waals surface area contributed by atoms with Crippen LogP contribution in [-0.2, 0) is 10.0 Å². The van der Waals surface area contributed by atoms with Gasteiger partial charge in [0.25, 0.3) is 10.0 Å². The number of halogens is 1. The first-order valence-electron chi connectivity index (χ1n) is 5.01. The van der Waals surface area contributed by atoms with Crippen molar-refractivity contribution in [2.24, 2.45) is 0 Å². The summed E-state index contributed by atoms with van der Waals surface area (Å²) in [5.74, 6) is 0.0860. The van der Waals surface area contributed by atoms with Crippen LogP contribution in [-0.4, -0.2) is 18.4 Å². The van der Waals surface area contributed by atoms with Gasteiger partial charge in [0.1, 0.15) is 4.90 Å². The number of nitrogens with one attached hydrogen (secondary N) is 1. The third-order valence-electron chi connectivity index (χ3n) is 2.15. The molecule has 1 heterocycles. The molecule has 0 radical (unpaired) electrons. The molecule has 19 heavy (non-hydrogen) atoms. The van der Waals surface area contributed by atoms with E-state index in [2.05, 4.69) is 14.7 Å². The predicted octanol–water partition coefficient (Wildman–Crippen LogP) is 1.80. The molecule has 0 fully saturated rings. The van der Waals surface area contributed by atoms with E-state index in [0.717, 1.165) is 0 Å². The van der Waals surface area contributed by atoms with Crippen LogP contribution in [0.2, 0.25) is 5.02 Å². The number of anilines is 1. The van der Waals surface area contributed by atoms with Gasteiger partial charge in [0.2, 0.25) is 0 Å². The molecule has 0 aliphatic rings. The van der Waals surface area contributed by atoms with E-state index in [1.54, 1.807) is 0 Å². The minimum absolute atomic E-state index is 0.0320. The molecular formula is C11H7ClN4O2S. The molecule has 6 nitrogen and oxygen atoms in total. The average molecular weight is 295 g/mol. The lowest BCUT2D eigenvalue weighted by atomic mass is 10.2. The van der Waals surface area contributed by atoms with Gasteiger partial charge in [-0.15, -0.1) is 0 Å². The first-order chi connectivity index (χ1) is 9.03. The SMILES string of the molecule is N#Cc1ccc(S(=O)(=O)Nc2cnccn2)c(Cl)c1. The van der Waals surface area contributed by atoms with Crippen LogP contribution in [0.5, 0.6) is 0 Å². The van der Waals surface area contributed by atoms with Gasteiger partial charge in [0.15, 0.2) is 5.82 Å². The average Bonchev–Trinajstić information content (AvgIpc) is 2.38. The molecule has 0 amide bonds. The number of hydrogen-bond acceptors (Lipinski definition) is 5. The molecule has 0 aliphatic heterocycles. The summed E-state index contributed by atoms with van der Waals surface area (Å²) in [5.41, 5.74) is 0.281. The molecule has 0 unspecified atom stereocenters. The molecule has 2 aromatic rings. The van der Waals surface area contributed by atoms with E-state index in [-0.39, 0.29) is 21.3 Å². The summed E-state index contributed by atoms with van der Waals surface area (Å²) >= 11 is 5.85. The zero-order valence-electron chi connectivity index (χ0n) is 9.41. The van der Waals surface area contributed by atoms with Crippen LogP contribution in [0.1, 0.15) is 5.56 Å². The normalized spacial score (nSPS) is 10.7. The van der Waals surface area contributed by atoms with Crippen molar-refractivity contribution in [1.82, 2.24) is 9.97 Å². The number of nitrogens with zero attached hydrogens (tertiary/aromatic N) is 3. The van der Waals surface area contributed by atoms with Crippen LogP contribution in [0.15, 0.2) is 41.7 Å². The maximum Gasteiger partial charge on any atom is 0.264 e. The Hall–Kier alpha value is -2.17. The Labute approximate surface area is 114 Å². The fourth-order valence-corrected chi connectivity index (χ4v) is 2.87. The van der Waals surface area contributed by atoms with E-state index in [1.807, 2.05) is 6.07 Å². The second-order valence-corrected chi connectivity index (χ2v) is 5.51. The fraction of sp³-hybridized carbons (Fsp3) is 0. The van der Waals surface area contributed by atoms with Gasteiger partial charge in [-0.25, -0.2) is 13.4 Å². The van der Waals surface area contributed by atoms with Gasteiger partial charge in [0.05, 0.1) is 22.9 Å². The Kier molecular flexibility index (Phi) is 3.64. The summed E-state index contributed by atoms with van der Waals surface area (Å²) in [5, 5.41) is 8.67. The Morgan fingerprint density at radius 3 is 2.68 bits per heavy atom. The van der Waals surface area contributed by atoms with E-state index in [1.165, 1.54) is 36.8 Å². The van der Waals surface area contributed by atoms with Gasteiger partial charge in [-0.05, 0) is 18.2 Å². The molecule has 0 spiro atoms. The van der Waals surface area contributed by atoms with Crippen LogP contribution in [0, 0.1) is 11.3 Å². The number of nitriles is 1. The van der Waals surface area contributed by atoms with Crippen LogP contribution in [0.4, 0.5) is 5.82 Å². The molecule has 0 bridgehead atoms. The van der Waals surface area contributed by atoms with Crippen molar-refractivity contribution in [3.05, 3.63) is 47.4 Å². The topological polar surface area (TPSA) is 95.7 Å². The van der Waals surface area contributed by atoms with Gasteiger partial charge in [-0.2, -0.15) is 5.26 Å². The zero-order valence-corrected chi connectivity index (χ0v) is 11.0. The smallest absolute Gasteiger partial charge is 0.262 e. The number of hydrogen-bond donors (Lipinski definition) is 1. The number of rotatable bonds is 3. The van der Waals surface area contributed by atoms with Gasteiger partial charge in [-0.3, -0.25) is 9.71 Å². The lowest BCUT2D eigenvalue weighted by Crippen LogP contribution is -2.14. The van der Waals surface area contributed by atoms with Crippen molar-refractivity contribution < 1.29 is 8.42 Å². The quantitative estimate of drug-likeness (QED) is 0.931. The molecule has 1 aromatic heterocycles. The molecule has 8 heteroatoms. The highest BCUT2D eigenvalue weighted by Gasteiger charge is 2.18. The third kappa shape index (κ3) is 2.99. The van der Waals surface area contributed by atoms with E-state index >= 15 is 0 Å². The van der Waals surface area contributed by atoms with Crippen molar-refractivity contribution in [1.29, 1.82) is 5.26 Å². The van der Waals surface area contributed by atoms with E-state index in [0.29, 0.717) is 0 Å². The predicted molar refractivity (Wildman–Crippen MR) is 69.0 cm³/mol. The lowest BCUT2D eigenvalue weighted by molar-refractivity contribution is 0.601. The first kappa shape index (κ1) is 13.3. The van der Waals surface area contributed by atoms with E-state index in [4.69, 9.17) is 16.9 Å². The summed E-state index contributed by atoms with van der Waals surface area (Å²) in [6.45, 7) is 0. The van der Waals surface area contributed by atoms with Crippen LogP contribution >= 0.6 is 11.6 Å². The lowest BCUT2D eigenvalue weighted by Gasteiger charge is -2.08. The first-order valence-corrected chi connectivity index (χ1v) is 6.87. The molecule has 0 saturated heterocycles. The van der Waals surface area contributed by atoms with Gasteiger partial charge in [0, 0.05) is 12.4 Å². The molecule has 1 aromatic carbocycles. The van der Waals surface area contributed by atoms with Gasteiger partial charge >= 0.3 is 0 Å². The van der Waals surface area contributed by atoms with Crippen molar-refractivity contribution >= 4 is 27.4 Å². The minimum Gasteiger partial charge on any atom is -0.262 e. The Morgan fingerprint density at radius 2 is 2.11 bits per heavy atom. The highest BCUT2D eigenvalue weighted by Crippen LogP contribution is 2.24. The van der Waals surface area contributed by atoms with Crippen LogP contribution in [0.25, 0.3) is 0 Å². The second-order valence-electron chi connectivity index (χ2n) is 3.45. The van der Waals surface area contributed by atoms with Crippen LogP contribution < -0.4 is 4.72 Å². The molecule has 0 aliphatic carbocycles. The Bertz CT molecular complexity index is 741. The van der Waals surface area contributed by atoms with E-state index in [9.17, 15) is 8.42 Å². The molecular weight excluding hydrogens is 288 g/mol. The summed E-state index contributed by atoms with van der Waals surface area (Å²) in [6.07, 6.45) is 4.06. The van der Waals surface area contributed by atoms with Crippen LogP contribution in [0.3, 0.4) is 0 Å². The van der Waals surface area contributed by atoms with E-state index < -0.39 is 10.0 Å². The van der Waals surface area contributed by atoms with Gasteiger partial charge in [-0.1, -0.05) is 11.6 Å². The highest BCUT2D eigenvalue weighted by molar-refractivity contribution is 7.92. The fourth-order valence-electron chi connectivity index (χ4n) is 1.33. The Morgan fingerprint density at radius 1 is 1.32 bits per heavy atom. The third-order valence-corrected chi connectivity index (χ3v) is 3.99. The number of aromatic nitrogens is 2. The monoisotopic (exact) mass is 294 g/mol. The molecule has 0 saturated carbocycles. The van der Waals surface area contributed by atoms with Gasteiger partial charge < -0.3 is 0 Å². The largest absolute Gasteiger partial charge is 0.264 e. The molecule has 0 atom stereocenters. The zero-order chi connectivity index (χ0) is 13.9. The number of benzene rings is 1. The standard InChI is InChI=1S/C11H7ClN4O2S/c12-9-5-8(6-13)1-2-10(9)19(17,18)16-11-7-14-3-4-15-11/h1-5,7H,(H,15,16). The molecule has 2 rings (SSSR count). The minimum atomic E-state index is -3.86. The Balaban J connectivity index is 2.38. The summed E-state index contributed by atoms with van der Waals surface area (Å²) in [6, 6.07) is 5.79. The van der Waals surface area contributed by atoms with Crippen molar-refractivity contribution in [2.75, 3.05) is 4.72 Å². The molecule has 1 N–H and O–H groups in total. The summed E-state index contributed by atoms with van der Waals surface area (Å²) in [7, 11) is -3.86. The summed E-state index contributed by atoms with van der Waals surface area (Å²) < 4.78 is 26.4.